The molecule has 0 saturated carbocycles. The third-order valence-corrected chi connectivity index (χ3v) is 3.17. The highest BCUT2D eigenvalue weighted by molar-refractivity contribution is 5.95. The molecule has 5 heteroatoms. The molecule has 2 N–H and O–H groups in total. The number of amides is 3. The molecule has 104 valence electrons. The molecule has 1 fully saturated rings. The minimum atomic E-state index is -0.390. The second-order valence-electron chi connectivity index (χ2n) is 5.61. The fourth-order valence-corrected chi connectivity index (χ4v) is 1.93. The molecular weight excluding hydrogens is 230 g/mol. The number of nitrogens with one attached hydrogen (secondary N) is 2. The zero-order chi connectivity index (χ0) is 13.5. The lowest BCUT2D eigenvalue weighted by Gasteiger charge is -2.29. The summed E-state index contributed by atoms with van der Waals surface area (Å²) in [7, 11) is 0. The van der Waals surface area contributed by atoms with Gasteiger partial charge in [-0.3, -0.25) is 15.0 Å². The maximum atomic E-state index is 11.6. The van der Waals surface area contributed by atoms with Gasteiger partial charge in [0.25, 0.3) is 0 Å². The Kier molecular flexibility index (Phi) is 6.12. The van der Waals surface area contributed by atoms with Gasteiger partial charge in [-0.2, -0.15) is 0 Å². The summed E-state index contributed by atoms with van der Waals surface area (Å²) >= 11 is 0. The number of hydrogen-bond donors (Lipinski definition) is 2. The fraction of sp³-hybridized carbons (Fsp3) is 0.846. The first-order chi connectivity index (χ1) is 8.47. The number of piperidine rings is 1. The molecule has 1 aliphatic rings. The van der Waals surface area contributed by atoms with Gasteiger partial charge in [-0.15, -0.1) is 0 Å². The zero-order valence-electron chi connectivity index (χ0n) is 11.7. The van der Waals surface area contributed by atoms with Crippen LogP contribution in [0.3, 0.4) is 0 Å². The van der Waals surface area contributed by atoms with Crippen molar-refractivity contribution >= 4 is 11.9 Å². The quantitative estimate of drug-likeness (QED) is 0.793. The number of urea groups is 1. The van der Waals surface area contributed by atoms with Crippen LogP contribution < -0.4 is 10.6 Å². The zero-order valence-corrected chi connectivity index (χ0v) is 11.7. The van der Waals surface area contributed by atoms with Gasteiger partial charge in [0.15, 0.2) is 0 Å². The molecule has 5 nitrogen and oxygen atoms in total. The lowest BCUT2D eigenvalue weighted by atomic mass is 9.99. The Labute approximate surface area is 109 Å². The molecule has 0 aromatic heterocycles. The first-order valence-electron chi connectivity index (χ1n) is 6.77. The summed E-state index contributed by atoms with van der Waals surface area (Å²) in [6.45, 7) is 9.05. The van der Waals surface area contributed by atoms with Crippen LogP contribution in [0.5, 0.6) is 0 Å². The standard InChI is InChI=1S/C13H25N3O2/c1-10(2)8-14-13(18)15-12(17)9-16-6-4-11(3)5-7-16/h10-11H,4-9H2,1-3H3,(H2,14,15,17,18). The van der Waals surface area contributed by atoms with Gasteiger partial charge in [0.2, 0.25) is 5.91 Å². The summed E-state index contributed by atoms with van der Waals surface area (Å²) in [5, 5.41) is 5.03. The monoisotopic (exact) mass is 255 g/mol. The number of likely N-dealkylation sites (tertiary alicyclic amines) is 1. The van der Waals surface area contributed by atoms with Gasteiger partial charge in [0.1, 0.15) is 0 Å². The smallest absolute Gasteiger partial charge is 0.321 e. The summed E-state index contributed by atoms with van der Waals surface area (Å²) < 4.78 is 0. The van der Waals surface area contributed by atoms with Crippen molar-refractivity contribution < 1.29 is 9.59 Å². The van der Waals surface area contributed by atoms with E-state index in [1.807, 2.05) is 13.8 Å². The summed E-state index contributed by atoms with van der Waals surface area (Å²) in [5.74, 6) is 0.916. The van der Waals surface area contributed by atoms with Crippen molar-refractivity contribution in [2.75, 3.05) is 26.2 Å². The molecule has 1 saturated heterocycles. The first-order valence-corrected chi connectivity index (χ1v) is 6.77. The molecule has 0 unspecified atom stereocenters. The largest absolute Gasteiger partial charge is 0.338 e. The van der Waals surface area contributed by atoms with E-state index in [2.05, 4.69) is 22.5 Å². The molecule has 1 aliphatic heterocycles. The second-order valence-corrected chi connectivity index (χ2v) is 5.61. The van der Waals surface area contributed by atoms with Crippen LogP contribution in [-0.2, 0) is 4.79 Å². The summed E-state index contributed by atoms with van der Waals surface area (Å²) in [5.41, 5.74) is 0. The third-order valence-electron chi connectivity index (χ3n) is 3.17. The number of nitrogens with zero attached hydrogens (tertiary/aromatic N) is 1. The van der Waals surface area contributed by atoms with Crippen molar-refractivity contribution in [3.05, 3.63) is 0 Å². The average Bonchev–Trinajstić information content (AvgIpc) is 2.29. The topological polar surface area (TPSA) is 61.4 Å². The Morgan fingerprint density at radius 1 is 1.28 bits per heavy atom. The van der Waals surface area contributed by atoms with Crippen LogP contribution in [0.25, 0.3) is 0 Å². The summed E-state index contributed by atoms with van der Waals surface area (Å²) in [6, 6.07) is -0.390. The molecule has 0 atom stereocenters. The van der Waals surface area contributed by atoms with E-state index in [0.717, 1.165) is 31.8 Å². The van der Waals surface area contributed by atoms with Gasteiger partial charge < -0.3 is 5.32 Å². The number of carbonyl (C=O) groups excluding carboxylic acids is 2. The molecule has 0 radical (unpaired) electrons. The Hall–Kier alpha value is -1.10. The van der Waals surface area contributed by atoms with E-state index in [1.54, 1.807) is 0 Å². The van der Waals surface area contributed by atoms with Gasteiger partial charge in [-0.1, -0.05) is 20.8 Å². The Morgan fingerprint density at radius 3 is 2.44 bits per heavy atom. The van der Waals surface area contributed by atoms with E-state index in [0.29, 0.717) is 19.0 Å². The van der Waals surface area contributed by atoms with E-state index in [4.69, 9.17) is 0 Å². The number of imide groups is 1. The van der Waals surface area contributed by atoms with Crippen LogP contribution in [0, 0.1) is 11.8 Å². The molecule has 0 aromatic rings. The second kappa shape index (κ2) is 7.36. The normalized spacial score (nSPS) is 17.8. The van der Waals surface area contributed by atoms with Crippen LogP contribution >= 0.6 is 0 Å². The Balaban J connectivity index is 2.18. The Bertz CT molecular complexity index is 284. The van der Waals surface area contributed by atoms with E-state index in [1.165, 1.54) is 0 Å². The highest BCUT2D eigenvalue weighted by Gasteiger charge is 2.18. The van der Waals surface area contributed by atoms with E-state index < -0.39 is 0 Å². The van der Waals surface area contributed by atoms with Crippen molar-refractivity contribution in [3.63, 3.8) is 0 Å². The summed E-state index contributed by atoms with van der Waals surface area (Å²) in [4.78, 5) is 25.1. The number of hydrogen-bond acceptors (Lipinski definition) is 3. The van der Waals surface area contributed by atoms with Crippen molar-refractivity contribution in [1.82, 2.24) is 15.5 Å². The SMILES string of the molecule is CC(C)CNC(=O)NC(=O)CN1CCC(C)CC1. The minimum absolute atomic E-state index is 0.217. The van der Waals surface area contributed by atoms with E-state index >= 15 is 0 Å². The molecule has 0 spiro atoms. The third kappa shape index (κ3) is 6.00. The highest BCUT2D eigenvalue weighted by Crippen LogP contribution is 2.15. The number of rotatable bonds is 4. The molecule has 1 heterocycles. The maximum absolute atomic E-state index is 11.6. The van der Waals surface area contributed by atoms with Gasteiger partial charge in [0.05, 0.1) is 6.54 Å². The lowest BCUT2D eigenvalue weighted by molar-refractivity contribution is -0.121. The molecule has 1 rings (SSSR count). The fourth-order valence-electron chi connectivity index (χ4n) is 1.93. The highest BCUT2D eigenvalue weighted by atomic mass is 16.2. The Morgan fingerprint density at radius 2 is 1.89 bits per heavy atom. The molecule has 3 amide bonds. The lowest BCUT2D eigenvalue weighted by Crippen LogP contribution is -2.46. The van der Waals surface area contributed by atoms with Gasteiger partial charge in [-0.05, 0) is 37.8 Å². The molecule has 0 aliphatic carbocycles. The van der Waals surface area contributed by atoms with E-state index in [-0.39, 0.29) is 11.9 Å². The van der Waals surface area contributed by atoms with Crippen molar-refractivity contribution in [2.45, 2.75) is 33.6 Å². The van der Waals surface area contributed by atoms with E-state index in [9.17, 15) is 9.59 Å². The van der Waals surface area contributed by atoms with Crippen LogP contribution in [0.15, 0.2) is 0 Å². The van der Waals surface area contributed by atoms with Crippen LogP contribution in [0.4, 0.5) is 4.79 Å². The predicted octanol–water partition coefficient (Wildman–Crippen LogP) is 1.20. The van der Waals surface area contributed by atoms with Gasteiger partial charge >= 0.3 is 6.03 Å². The van der Waals surface area contributed by atoms with Crippen LogP contribution in [0.1, 0.15) is 33.6 Å². The number of carbonyl (C=O) groups is 2. The first kappa shape index (κ1) is 15.0. The maximum Gasteiger partial charge on any atom is 0.321 e. The molecular formula is C13H25N3O2. The summed E-state index contributed by atoms with van der Waals surface area (Å²) in [6.07, 6.45) is 2.26. The van der Waals surface area contributed by atoms with Crippen molar-refractivity contribution in [1.29, 1.82) is 0 Å². The van der Waals surface area contributed by atoms with Gasteiger partial charge in [0, 0.05) is 6.54 Å². The van der Waals surface area contributed by atoms with Crippen LogP contribution in [0.2, 0.25) is 0 Å². The predicted molar refractivity (Wildman–Crippen MR) is 71.2 cm³/mol. The van der Waals surface area contributed by atoms with Crippen LogP contribution in [-0.4, -0.2) is 43.0 Å². The average molecular weight is 255 g/mol. The van der Waals surface area contributed by atoms with Crippen molar-refractivity contribution in [3.8, 4) is 0 Å². The molecule has 0 bridgehead atoms. The molecule has 0 aromatic carbocycles. The van der Waals surface area contributed by atoms with Crippen molar-refractivity contribution in [2.24, 2.45) is 11.8 Å². The van der Waals surface area contributed by atoms with Gasteiger partial charge in [-0.25, -0.2) is 4.79 Å². The molecule has 18 heavy (non-hydrogen) atoms. The minimum Gasteiger partial charge on any atom is -0.338 e.